The summed E-state index contributed by atoms with van der Waals surface area (Å²) in [4.78, 5) is 15.8. The number of furan rings is 1. The molecule has 0 radical (unpaired) electrons. The smallest absolute Gasteiger partial charge is 0.236 e. The summed E-state index contributed by atoms with van der Waals surface area (Å²) in [7, 11) is 1.78. The number of β-amino-alcohol motifs (C(OH)–C–C–N with tert-alkyl or cyclic N) is 1. The zero-order chi connectivity index (χ0) is 13.8. The molecule has 2 heterocycles. The van der Waals surface area contributed by atoms with E-state index in [1.165, 1.54) is 0 Å². The number of likely N-dealkylation sites (tertiary alicyclic amines) is 1. The average molecular weight is 266 g/mol. The quantitative estimate of drug-likeness (QED) is 0.883. The average Bonchev–Trinajstić information content (AvgIpc) is 2.74. The number of likely N-dealkylation sites (N-methyl/N-ethyl adjacent to an activating group) is 1. The molecule has 1 fully saturated rings. The molecule has 19 heavy (non-hydrogen) atoms. The van der Waals surface area contributed by atoms with Gasteiger partial charge in [-0.05, 0) is 38.4 Å². The second-order valence-electron chi connectivity index (χ2n) is 5.29. The summed E-state index contributed by atoms with van der Waals surface area (Å²) in [6, 6.07) is 3.79. The van der Waals surface area contributed by atoms with Gasteiger partial charge in [0.2, 0.25) is 5.91 Å². The SMILES string of the molecule is Cc1ccc(CN(C)C(=O)CN2CCCC(O)C2)o1. The van der Waals surface area contributed by atoms with Gasteiger partial charge < -0.3 is 14.4 Å². The second-order valence-corrected chi connectivity index (χ2v) is 5.29. The van der Waals surface area contributed by atoms with Gasteiger partial charge in [-0.2, -0.15) is 0 Å². The number of rotatable bonds is 4. The maximum absolute atomic E-state index is 12.1. The van der Waals surface area contributed by atoms with E-state index in [9.17, 15) is 9.90 Å². The van der Waals surface area contributed by atoms with Crippen LogP contribution in [0.15, 0.2) is 16.5 Å². The first kappa shape index (κ1) is 14.1. The van der Waals surface area contributed by atoms with Crippen LogP contribution in [0.2, 0.25) is 0 Å². The van der Waals surface area contributed by atoms with Crippen LogP contribution in [0.4, 0.5) is 0 Å². The van der Waals surface area contributed by atoms with Crippen molar-refractivity contribution in [2.45, 2.75) is 32.4 Å². The predicted molar refractivity (Wildman–Crippen MR) is 71.6 cm³/mol. The zero-order valence-corrected chi connectivity index (χ0v) is 11.6. The van der Waals surface area contributed by atoms with Crippen LogP contribution in [0.25, 0.3) is 0 Å². The molecule has 0 bridgehead atoms. The van der Waals surface area contributed by atoms with Crippen molar-refractivity contribution < 1.29 is 14.3 Å². The topological polar surface area (TPSA) is 56.9 Å². The van der Waals surface area contributed by atoms with Crippen molar-refractivity contribution in [1.29, 1.82) is 0 Å². The molecule has 1 saturated heterocycles. The Hall–Kier alpha value is -1.33. The fourth-order valence-electron chi connectivity index (χ4n) is 2.38. The normalized spacial score (nSPS) is 20.5. The van der Waals surface area contributed by atoms with E-state index < -0.39 is 0 Å². The number of carbonyl (C=O) groups excluding carboxylic acids is 1. The molecule has 1 aliphatic rings. The summed E-state index contributed by atoms with van der Waals surface area (Å²) in [6.45, 7) is 4.23. The largest absolute Gasteiger partial charge is 0.464 e. The highest BCUT2D eigenvalue weighted by Gasteiger charge is 2.21. The minimum atomic E-state index is -0.292. The van der Waals surface area contributed by atoms with Gasteiger partial charge in [-0.1, -0.05) is 0 Å². The summed E-state index contributed by atoms with van der Waals surface area (Å²) in [5, 5.41) is 9.59. The van der Waals surface area contributed by atoms with Gasteiger partial charge in [-0.15, -0.1) is 0 Å². The van der Waals surface area contributed by atoms with Crippen molar-refractivity contribution >= 4 is 5.91 Å². The summed E-state index contributed by atoms with van der Waals surface area (Å²) in [6.07, 6.45) is 1.50. The number of hydrogen-bond donors (Lipinski definition) is 1. The Morgan fingerprint density at radius 3 is 3.00 bits per heavy atom. The standard InChI is InChI=1S/C14H22N2O3/c1-11-5-6-13(19-11)9-15(2)14(18)10-16-7-3-4-12(17)8-16/h5-6,12,17H,3-4,7-10H2,1-2H3. The molecule has 0 aromatic carbocycles. The maximum Gasteiger partial charge on any atom is 0.236 e. The summed E-state index contributed by atoms with van der Waals surface area (Å²) in [5.74, 6) is 1.71. The van der Waals surface area contributed by atoms with E-state index in [0.29, 0.717) is 19.6 Å². The Bertz CT molecular complexity index is 430. The van der Waals surface area contributed by atoms with E-state index in [4.69, 9.17) is 4.42 Å². The van der Waals surface area contributed by atoms with Crippen molar-refractivity contribution in [2.75, 3.05) is 26.7 Å². The lowest BCUT2D eigenvalue weighted by Crippen LogP contribution is -2.44. The maximum atomic E-state index is 12.1. The van der Waals surface area contributed by atoms with E-state index in [-0.39, 0.29) is 12.0 Å². The fraction of sp³-hybridized carbons (Fsp3) is 0.643. The fourth-order valence-corrected chi connectivity index (χ4v) is 2.38. The van der Waals surface area contributed by atoms with E-state index >= 15 is 0 Å². The molecule has 0 saturated carbocycles. The van der Waals surface area contributed by atoms with Crippen LogP contribution >= 0.6 is 0 Å². The number of nitrogens with zero attached hydrogens (tertiary/aromatic N) is 2. The van der Waals surface area contributed by atoms with Gasteiger partial charge in [0.1, 0.15) is 11.5 Å². The van der Waals surface area contributed by atoms with E-state index in [0.717, 1.165) is 30.9 Å². The van der Waals surface area contributed by atoms with Gasteiger partial charge in [-0.25, -0.2) is 0 Å². The molecule has 1 N–H and O–H groups in total. The van der Waals surface area contributed by atoms with Gasteiger partial charge in [0.05, 0.1) is 19.2 Å². The first-order chi connectivity index (χ1) is 9.04. The van der Waals surface area contributed by atoms with Crippen LogP contribution in [-0.4, -0.2) is 53.6 Å². The number of aliphatic hydroxyl groups excluding tert-OH is 1. The predicted octanol–water partition coefficient (Wildman–Crippen LogP) is 1.00. The van der Waals surface area contributed by atoms with Crippen LogP contribution in [-0.2, 0) is 11.3 Å². The Kier molecular flexibility index (Phi) is 4.61. The molecule has 1 atom stereocenters. The number of aliphatic hydroxyl groups is 1. The molecule has 1 unspecified atom stereocenters. The highest BCUT2D eigenvalue weighted by Crippen LogP contribution is 2.11. The number of hydrogen-bond acceptors (Lipinski definition) is 4. The van der Waals surface area contributed by atoms with Crippen molar-refractivity contribution in [3.05, 3.63) is 23.7 Å². The molecule has 1 amide bonds. The molecule has 5 heteroatoms. The molecule has 5 nitrogen and oxygen atoms in total. The molecular weight excluding hydrogens is 244 g/mol. The molecule has 0 spiro atoms. The molecule has 2 rings (SSSR count). The van der Waals surface area contributed by atoms with Crippen molar-refractivity contribution in [1.82, 2.24) is 9.80 Å². The first-order valence-electron chi connectivity index (χ1n) is 6.74. The number of piperidine rings is 1. The van der Waals surface area contributed by atoms with Crippen molar-refractivity contribution in [3.8, 4) is 0 Å². The van der Waals surface area contributed by atoms with E-state index in [1.54, 1.807) is 11.9 Å². The third-order valence-corrected chi connectivity index (χ3v) is 3.45. The molecule has 1 aliphatic heterocycles. The van der Waals surface area contributed by atoms with Crippen LogP contribution in [0.1, 0.15) is 24.4 Å². The van der Waals surface area contributed by atoms with Gasteiger partial charge in [0.25, 0.3) is 0 Å². The molecule has 1 aromatic heterocycles. The number of amides is 1. The number of aryl methyl sites for hydroxylation is 1. The van der Waals surface area contributed by atoms with Crippen LogP contribution in [0, 0.1) is 6.92 Å². The minimum Gasteiger partial charge on any atom is -0.464 e. The van der Waals surface area contributed by atoms with Gasteiger partial charge in [-0.3, -0.25) is 9.69 Å². The minimum absolute atomic E-state index is 0.0585. The van der Waals surface area contributed by atoms with Crippen molar-refractivity contribution in [2.24, 2.45) is 0 Å². The van der Waals surface area contributed by atoms with Gasteiger partial charge in [0, 0.05) is 13.6 Å². The van der Waals surface area contributed by atoms with Crippen LogP contribution < -0.4 is 0 Å². The Labute approximate surface area is 113 Å². The second kappa shape index (κ2) is 6.21. The molecule has 106 valence electrons. The Morgan fingerprint density at radius 2 is 2.37 bits per heavy atom. The lowest BCUT2D eigenvalue weighted by Gasteiger charge is -2.30. The third-order valence-electron chi connectivity index (χ3n) is 3.45. The summed E-state index contributed by atoms with van der Waals surface area (Å²) >= 11 is 0. The van der Waals surface area contributed by atoms with Gasteiger partial charge >= 0.3 is 0 Å². The number of carbonyl (C=O) groups is 1. The monoisotopic (exact) mass is 266 g/mol. The van der Waals surface area contributed by atoms with E-state index in [2.05, 4.69) is 0 Å². The van der Waals surface area contributed by atoms with Crippen LogP contribution in [0.3, 0.4) is 0 Å². The first-order valence-corrected chi connectivity index (χ1v) is 6.74. The molecular formula is C14H22N2O3. The summed E-state index contributed by atoms with van der Waals surface area (Å²) < 4.78 is 5.46. The zero-order valence-electron chi connectivity index (χ0n) is 11.6. The highest BCUT2D eigenvalue weighted by atomic mass is 16.3. The Balaban J connectivity index is 1.81. The van der Waals surface area contributed by atoms with Crippen LogP contribution in [0.5, 0.6) is 0 Å². The summed E-state index contributed by atoms with van der Waals surface area (Å²) in [5.41, 5.74) is 0. The Morgan fingerprint density at radius 1 is 1.58 bits per heavy atom. The molecule has 0 aliphatic carbocycles. The lowest BCUT2D eigenvalue weighted by atomic mass is 10.1. The van der Waals surface area contributed by atoms with Crippen molar-refractivity contribution in [3.63, 3.8) is 0 Å². The lowest BCUT2D eigenvalue weighted by molar-refractivity contribution is -0.132. The van der Waals surface area contributed by atoms with Gasteiger partial charge in [0.15, 0.2) is 0 Å². The molecule has 1 aromatic rings. The van der Waals surface area contributed by atoms with E-state index in [1.807, 2.05) is 24.0 Å². The highest BCUT2D eigenvalue weighted by molar-refractivity contribution is 5.77. The third kappa shape index (κ3) is 4.08.